The summed E-state index contributed by atoms with van der Waals surface area (Å²) in [6, 6.07) is 58.2. The van der Waals surface area contributed by atoms with Crippen LogP contribution < -0.4 is 59.7 Å². The number of nitrogen functional groups attached to an aromatic ring is 3. The molecule has 10 aromatic heterocycles. The Labute approximate surface area is 746 Å². The van der Waals surface area contributed by atoms with Crippen LogP contribution in [-0.2, 0) is 27.3 Å². The molecule has 0 fully saturated rings. The van der Waals surface area contributed by atoms with E-state index in [-0.39, 0.29) is 28.5 Å². The van der Waals surface area contributed by atoms with Crippen molar-refractivity contribution in [3.8, 4) is 33.8 Å². The molecule has 0 saturated carbocycles. The van der Waals surface area contributed by atoms with Crippen molar-refractivity contribution in [2.45, 2.75) is 92.2 Å². The monoisotopic (exact) mass is 1790 g/mol. The van der Waals surface area contributed by atoms with Crippen molar-refractivity contribution in [1.29, 1.82) is 0 Å². The van der Waals surface area contributed by atoms with Gasteiger partial charge in [0.25, 0.3) is 17.7 Å². The predicted molar refractivity (Wildman–Crippen MR) is 498 cm³/mol. The van der Waals surface area contributed by atoms with Crippen molar-refractivity contribution in [3.63, 3.8) is 0 Å². The van der Waals surface area contributed by atoms with E-state index in [0.717, 1.165) is 66.2 Å². The lowest BCUT2D eigenvalue weighted by Crippen LogP contribution is -2.27. The van der Waals surface area contributed by atoms with Crippen LogP contribution in [0.1, 0.15) is 130 Å². The largest absolute Gasteiger partial charge is 0.477 e. The molecule has 14 rings (SSSR count). The van der Waals surface area contributed by atoms with E-state index >= 15 is 0 Å². The highest BCUT2D eigenvalue weighted by Crippen LogP contribution is 2.30. The van der Waals surface area contributed by atoms with E-state index in [9.17, 15) is 43.2 Å². The Kier molecular flexibility index (Phi) is 34.9. The fourth-order valence-electron chi connectivity index (χ4n) is 10.3. The minimum absolute atomic E-state index is 0.186. The number of hydrogen-bond donors (Lipinski definition) is 12. The van der Waals surface area contributed by atoms with Crippen LogP contribution in [0.5, 0.6) is 0 Å². The molecule has 0 unspecified atom stereocenters. The van der Waals surface area contributed by atoms with Gasteiger partial charge in [-0.15, -0.1) is 45.3 Å². The number of carbonyl (C=O) groups is 9. The van der Waals surface area contributed by atoms with E-state index in [1.807, 2.05) is 72.8 Å². The fraction of sp³-hybridized carbons (Fsp3) is 0.156. The van der Waals surface area contributed by atoms with Gasteiger partial charge in [0.05, 0.1) is 100 Å². The van der Waals surface area contributed by atoms with E-state index in [1.165, 1.54) is 34.8 Å². The summed E-state index contributed by atoms with van der Waals surface area (Å²) in [5.41, 5.74) is 24.4. The Balaban J connectivity index is 0.000000181. The van der Waals surface area contributed by atoms with Gasteiger partial charge in [-0.1, -0.05) is 48.5 Å². The van der Waals surface area contributed by atoms with Crippen LogP contribution in [-0.4, -0.2) is 121 Å². The summed E-state index contributed by atoms with van der Waals surface area (Å²) in [4.78, 5) is 146. The summed E-state index contributed by atoms with van der Waals surface area (Å²) < 4.78 is 15.6. The minimum Gasteiger partial charge on any atom is -0.477 e. The number of nitrogens with zero attached hydrogens (tertiary/aromatic N) is 9. The molecule has 0 atom stereocenters. The van der Waals surface area contributed by atoms with E-state index in [1.54, 1.807) is 233 Å². The molecular formula is C90H90N20O13S4. The van der Waals surface area contributed by atoms with Gasteiger partial charge in [-0.3, -0.25) is 54.9 Å². The molecule has 0 aliphatic carbocycles. The maximum atomic E-state index is 12.9. The molecule has 4 aromatic carbocycles. The first-order valence-electron chi connectivity index (χ1n) is 38.5. The van der Waals surface area contributed by atoms with Crippen LogP contribution in [0.15, 0.2) is 256 Å². The number of nitrogens with two attached hydrogens (primary N) is 3. The van der Waals surface area contributed by atoms with E-state index in [2.05, 4.69) is 87.4 Å². The molecule has 0 radical (unpaired) electrons. The second kappa shape index (κ2) is 46.6. The van der Waals surface area contributed by atoms with Gasteiger partial charge in [-0.05, 0) is 214 Å². The normalized spacial score (nSPS) is 10.6. The van der Waals surface area contributed by atoms with Crippen molar-refractivity contribution >= 4 is 163 Å². The summed E-state index contributed by atoms with van der Waals surface area (Å²) in [5.74, 6) is -0.528. The highest BCUT2D eigenvalue weighted by atomic mass is 32.1. The van der Waals surface area contributed by atoms with Crippen LogP contribution in [0.25, 0.3) is 33.8 Å². The number of aromatic carboxylic acids is 1. The maximum Gasteiger partial charge on any atom is 0.412 e. The van der Waals surface area contributed by atoms with Crippen LogP contribution in [0.4, 0.5) is 77.7 Å². The number of carbonyl (C=O) groups excluding carboxylic acids is 8. The summed E-state index contributed by atoms with van der Waals surface area (Å²) in [6.45, 7) is 17.0. The lowest BCUT2D eigenvalue weighted by molar-refractivity contribution is 0.0624. The molecule has 652 valence electrons. The zero-order valence-electron chi connectivity index (χ0n) is 70.1. The van der Waals surface area contributed by atoms with E-state index < -0.39 is 41.1 Å². The Hall–Kier alpha value is -15.6. The summed E-state index contributed by atoms with van der Waals surface area (Å²) in [6.07, 6.45) is 15.0. The topological polar surface area (TPSA) is 492 Å². The molecule has 0 spiro atoms. The first-order chi connectivity index (χ1) is 60.7. The summed E-state index contributed by atoms with van der Waals surface area (Å²) >= 11 is 4.83. The van der Waals surface area contributed by atoms with Crippen molar-refractivity contribution in [3.05, 3.63) is 295 Å². The smallest absolute Gasteiger partial charge is 0.412 e. The number of pyridine rings is 3. The van der Waals surface area contributed by atoms with Crippen molar-refractivity contribution in [2.75, 3.05) is 59.7 Å². The number of thiophene rings is 4. The number of carboxylic acids is 1. The quantitative estimate of drug-likeness (QED) is 0.0181. The molecule has 33 nitrogen and oxygen atoms in total. The number of hydrogen-bond acceptors (Lipinski definition) is 30. The highest BCUT2D eigenvalue weighted by molar-refractivity contribution is 7.16. The van der Waals surface area contributed by atoms with Crippen LogP contribution in [0, 0.1) is 0 Å². The fourth-order valence-corrected chi connectivity index (χ4v) is 13.4. The van der Waals surface area contributed by atoms with Gasteiger partial charge in [0, 0.05) is 82.2 Å². The number of amides is 6. The zero-order valence-corrected chi connectivity index (χ0v) is 73.3. The van der Waals surface area contributed by atoms with Gasteiger partial charge in [0.1, 0.15) is 21.7 Å². The lowest BCUT2D eigenvalue weighted by atomic mass is 10.2. The number of para-hydroxylation sites is 8. The number of anilines is 11. The molecule has 37 heteroatoms. The van der Waals surface area contributed by atoms with Gasteiger partial charge in [0.15, 0.2) is 12.6 Å². The van der Waals surface area contributed by atoms with Crippen LogP contribution in [0.2, 0.25) is 0 Å². The molecule has 0 aliphatic rings. The highest BCUT2D eigenvalue weighted by Gasteiger charge is 2.23. The maximum absolute atomic E-state index is 12.9. The molecular weight excluding hydrogens is 1700 g/mol. The van der Waals surface area contributed by atoms with Gasteiger partial charge >= 0.3 is 24.2 Å². The number of nitrogens with one attached hydrogen (secondary N) is 8. The van der Waals surface area contributed by atoms with Crippen LogP contribution in [0.3, 0.4) is 0 Å². The SMILES string of the molecule is CC(C)(C)OC(=O)Nc1ccccc1N.CC(C)(C)OC(=O)Nc1ccccc1NC(=O)c1ccc(C=O)s1.CC(C)(C)OC(=O)Nc1ccccc1NC(=O)c1ccc(CNc2nccc(-c3cccnc3)n2)s1.Nc1ccccc1NC(=O)c1ccc(CNc2nccc(-c3cccnc3)n2)s1.Nc1nccc(-c2cccnc2)n1.O=Cc1ccc(C(=O)O)s1. The van der Waals surface area contributed by atoms with Gasteiger partial charge in [0.2, 0.25) is 17.8 Å². The zero-order chi connectivity index (χ0) is 91.5. The molecule has 15 N–H and O–H groups in total. The number of ether oxygens (including phenoxy) is 3. The average molecular weight is 1790 g/mol. The van der Waals surface area contributed by atoms with Crippen molar-refractivity contribution in [1.82, 2.24) is 44.9 Å². The standard InChI is InChI=1S/C26H26N6O3S.C21H18N6OS.C17H18N2O4S.C11H16N2O2.C9H8N4.C6H4O3S/c1-26(2,3)35-25(34)32-21-9-5-4-8-20(21)30-23(33)22-11-10-18(36-22)16-29-24-28-14-12-19(31-24)17-7-6-13-27-15-17;22-16-5-1-2-6-18(16)26-20(28)19-8-7-15(29-19)13-25-21-24-11-9-17(27-21)14-4-3-10-23-12-14;1-17(2,3)23-16(22)19-13-7-5-4-6-12(13)18-15(21)14-9-8-11(10-20)24-14;1-11(2,3)15-10(14)13-9-7-5-4-6-8(9)12;10-9-12-5-3-8(13-9)7-2-1-4-11-6-7;7-3-4-1-2-5(10-4)6(8)9/h4-15H,16H2,1-3H3,(H,30,33)(H,32,34)(H,28,29,31);1-12H,13,22H2,(H,26,28)(H,24,25,27);4-10H,1-3H3,(H,18,21)(H,19,22);4-7H,12H2,1-3H3,(H,13,14);1-6H,(H2,10,12,13);1-3H,(H,8,9). The number of aldehydes is 2. The molecule has 0 saturated heterocycles. The Morgan fingerprint density at radius 2 is 0.669 bits per heavy atom. The number of aromatic nitrogens is 9. The summed E-state index contributed by atoms with van der Waals surface area (Å²) in [7, 11) is 0. The van der Waals surface area contributed by atoms with Gasteiger partial charge in [-0.2, -0.15) is 0 Å². The van der Waals surface area contributed by atoms with Gasteiger partial charge in [-0.25, -0.2) is 49.1 Å². The Morgan fingerprint density at radius 3 is 1.01 bits per heavy atom. The van der Waals surface area contributed by atoms with E-state index in [0.29, 0.717) is 107 Å². The molecule has 0 aliphatic heterocycles. The van der Waals surface area contributed by atoms with Crippen molar-refractivity contribution < 1.29 is 62.5 Å². The van der Waals surface area contributed by atoms with Crippen molar-refractivity contribution in [2.24, 2.45) is 0 Å². The minimum atomic E-state index is -0.988. The predicted octanol–water partition coefficient (Wildman–Crippen LogP) is 19.0. The third-order valence-corrected chi connectivity index (χ3v) is 20.0. The number of benzene rings is 4. The van der Waals surface area contributed by atoms with Gasteiger partial charge < -0.3 is 63.1 Å². The van der Waals surface area contributed by atoms with E-state index in [4.69, 9.17) is 36.5 Å². The third kappa shape index (κ3) is 32.6. The molecule has 14 aromatic rings. The molecule has 0 bridgehead atoms. The summed E-state index contributed by atoms with van der Waals surface area (Å²) in [5, 5.41) is 31.1. The Morgan fingerprint density at radius 1 is 0.354 bits per heavy atom. The molecule has 127 heavy (non-hydrogen) atoms. The Bertz CT molecular complexity index is 6040. The average Bonchev–Trinajstić information content (AvgIpc) is 1.78. The number of carboxylic acid groups (broad SMARTS) is 1. The molecule has 6 amide bonds. The second-order valence-electron chi connectivity index (χ2n) is 29.2. The first-order valence-corrected chi connectivity index (χ1v) is 41.7. The number of rotatable bonds is 21. The molecule has 10 heterocycles. The second-order valence-corrected chi connectivity index (χ2v) is 33.8. The lowest BCUT2D eigenvalue weighted by Gasteiger charge is -2.20. The van der Waals surface area contributed by atoms with Crippen LogP contribution >= 0.6 is 45.3 Å². The third-order valence-electron chi connectivity index (χ3n) is 15.8. The first kappa shape index (κ1) is 95.2.